The van der Waals surface area contributed by atoms with Crippen LogP contribution in [0.25, 0.3) is 0 Å². The molecule has 0 saturated carbocycles. The minimum Gasteiger partial charge on any atom is -0.301 e. The van der Waals surface area contributed by atoms with Gasteiger partial charge in [0.2, 0.25) is 0 Å². The Morgan fingerprint density at radius 2 is 0.867 bits per heavy atom. The van der Waals surface area contributed by atoms with Crippen molar-refractivity contribution in [3.63, 3.8) is 0 Å². The number of hydrazone groups is 1. The van der Waals surface area contributed by atoms with Crippen LogP contribution in [0.5, 0.6) is 0 Å². The average molecular weight is 626 g/mol. The lowest BCUT2D eigenvalue weighted by Crippen LogP contribution is -2.30. The summed E-state index contributed by atoms with van der Waals surface area (Å²) in [6, 6.07) is 0. The molecule has 0 bridgehead atoms. The average Bonchev–Trinajstić information content (AvgIpc) is 3.02. The molecule has 45 heavy (non-hydrogen) atoms. The Balaban J connectivity index is 4.00. The van der Waals surface area contributed by atoms with Gasteiger partial charge in [-0.25, -0.2) is 5.43 Å². The van der Waals surface area contributed by atoms with Gasteiger partial charge in [-0.1, -0.05) is 140 Å². The van der Waals surface area contributed by atoms with Crippen molar-refractivity contribution in [2.75, 3.05) is 20.6 Å². The first kappa shape index (κ1) is 43.1. The molecule has 0 heterocycles. The molecule has 0 fully saturated rings. The first-order chi connectivity index (χ1) is 22.1. The maximum Gasteiger partial charge on any atom is 0.254 e. The molecule has 0 rings (SSSR count). The van der Waals surface area contributed by atoms with Gasteiger partial charge in [0.15, 0.2) is 0 Å². The fourth-order valence-corrected chi connectivity index (χ4v) is 5.34. The molecule has 0 unspecified atom stereocenters. The van der Waals surface area contributed by atoms with Gasteiger partial charge in [0, 0.05) is 5.71 Å². The molecule has 0 aliphatic rings. The summed E-state index contributed by atoms with van der Waals surface area (Å²) in [5, 5.41) is 4.56. The third kappa shape index (κ3) is 36.4. The molecule has 0 aliphatic carbocycles. The van der Waals surface area contributed by atoms with Gasteiger partial charge < -0.3 is 4.90 Å². The number of nitrogens with zero attached hydrogens (tertiary/aromatic N) is 2. The van der Waals surface area contributed by atoms with Crippen LogP contribution in [0.15, 0.2) is 53.7 Å². The maximum absolute atomic E-state index is 12.1. The molecule has 0 aromatic rings. The fraction of sp³-hybridized carbons (Fsp3) is 0.756. The molecular formula is C41H75N3O. The van der Waals surface area contributed by atoms with Crippen molar-refractivity contribution in [3.8, 4) is 0 Å². The Hall–Kier alpha value is -1.94. The smallest absolute Gasteiger partial charge is 0.254 e. The zero-order valence-corrected chi connectivity index (χ0v) is 30.5. The zero-order chi connectivity index (χ0) is 32.9. The number of allylic oxidation sites excluding steroid dienone is 8. The van der Waals surface area contributed by atoms with E-state index in [1.54, 1.807) is 0 Å². The van der Waals surface area contributed by atoms with Gasteiger partial charge in [-0.3, -0.25) is 4.79 Å². The highest BCUT2D eigenvalue weighted by molar-refractivity contribution is 5.86. The van der Waals surface area contributed by atoms with E-state index < -0.39 is 0 Å². The number of rotatable bonds is 33. The first-order valence-corrected chi connectivity index (χ1v) is 19.2. The van der Waals surface area contributed by atoms with Crippen molar-refractivity contribution in [2.45, 2.75) is 181 Å². The number of carbonyl (C=O) groups excluding carboxylic acids is 1. The van der Waals surface area contributed by atoms with E-state index in [1.807, 2.05) is 19.0 Å². The van der Waals surface area contributed by atoms with Crippen LogP contribution in [0.1, 0.15) is 181 Å². The standard InChI is InChI=1S/C41H75N3O/c1-5-7-9-11-13-15-17-19-21-23-25-27-29-31-33-35-37-40(42-43-41(45)39-44(3)4)38-36-34-32-30-28-26-24-22-20-18-16-14-12-10-8-6-2/h13-16,19-22H,5-12,17-18,23-39H2,1-4H3,(H,43,45). The second kappa shape index (κ2) is 36.5. The van der Waals surface area contributed by atoms with Crippen LogP contribution in [-0.4, -0.2) is 37.2 Å². The van der Waals surface area contributed by atoms with Crippen LogP contribution in [-0.2, 0) is 4.79 Å². The lowest BCUT2D eigenvalue weighted by Gasteiger charge is -2.10. The molecule has 260 valence electrons. The lowest BCUT2D eigenvalue weighted by atomic mass is 10.0. The Bertz CT molecular complexity index is 728. The summed E-state index contributed by atoms with van der Waals surface area (Å²) in [6.45, 7) is 4.90. The molecule has 0 atom stereocenters. The summed E-state index contributed by atoms with van der Waals surface area (Å²) in [7, 11) is 3.83. The largest absolute Gasteiger partial charge is 0.301 e. The molecule has 4 nitrogen and oxygen atoms in total. The maximum atomic E-state index is 12.1. The second-order valence-corrected chi connectivity index (χ2v) is 13.1. The van der Waals surface area contributed by atoms with Gasteiger partial charge in [-0.05, 0) is 104 Å². The summed E-state index contributed by atoms with van der Waals surface area (Å²) >= 11 is 0. The van der Waals surface area contributed by atoms with Crippen LogP contribution in [0.2, 0.25) is 0 Å². The van der Waals surface area contributed by atoms with E-state index in [2.05, 4.69) is 73.0 Å². The zero-order valence-electron chi connectivity index (χ0n) is 30.5. The normalized spacial score (nSPS) is 12.1. The molecular weight excluding hydrogens is 550 g/mol. The topological polar surface area (TPSA) is 44.7 Å². The van der Waals surface area contributed by atoms with E-state index in [9.17, 15) is 4.79 Å². The summed E-state index contributed by atoms with van der Waals surface area (Å²) in [4.78, 5) is 14.0. The van der Waals surface area contributed by atoms with Gasteiger partial charge in [0.05, 0.1) is 6.54 Å². The number of unbranched alkanes of at least 4 members (excludes halogenated alkanes) is 18. The van der Waals surface area contributed by atoms with Crippen molar-refractivity contribution in [3.05, 3.63) is 48.6 Å². The molecule has 4 heteroatoms. The van der Waals surface area contributed by atoms with Crippen LogP contribution in [0, 0.1) is 0 Å². The number of hydrogen-bond acceptors (Lipinski definition) is 3. The molecule has 0 radical (unpaired) electrons. The van der Waals surface area contributed by atoms with E-state index in [0.717, 1.165) is 25.7 Å². The molecule has 0 aliphatic heterocycles. The van der Waals surface area contributed by atoms with Gasteiger partial charge in [-0.2, -0.15) is 5.10 Å². The molecule has 0 spiro atoms. The second-order valence-electron chi connectivity index (χ2n) is 13.1. The molecule has 1 amide bonds. The molecule has 0 aromatic carbocycles. The van der Waals surface area contributed by atoms with E-state index in [-0.39, 0.29) is 5.91 Å². The quantitative estimate of drug-likeness (QED) is 0.0341. The van der Waals surface area contributed by atoms with Crippen LogP contribution < -0.4 is 5.43 Å². The molecule has 1 N–H and O–H groups in total. The highest BCUT2D eigenvalue weighted by Gasteiger charge is 2.05. The third-order valence-electron chi connectivity index (χ3n) is 8.13. The van der Waals surface area contributed by atoms with Gasteiger partial charge >= 0.3 is 0 Å². The lowest BCUT2D eigenvalue weighted by molar-refractivity contribution is -0.121. The van der Waals surface area contributed by atoms with E-state index in [0.29, 0.717) is 6.54 Å². The fourth-order valence-electron chi connectivity index (χ4n) is 5.34. The van der Waals surface area contributed by atoms with Crippen molar-refractivity contribution in [1.29, 1.82) is 0 Å². The number of carbonyl (C=O) groups is 1. The predicted octanol–water partition coefficient (Wildman–Crippen LogP) is 12.4. The van der Waals surface area contributed by atoms with Crippen LogP contribution >= 0.6 is 0 Å². The van der Waals surface area contributed by atoms with Gasteiger partial charge in [-0.15, -0.1) is 0 Å². The number of nitrogens with one attached hydrogen (secondary N) is 1. The Morgan fingerprint density at radius 1 is 0.511 bits per heavy atom. The van der Waals surface area contributed by atoms with Crippen molar-refractivity contribution in [2.24, 2.45) is 5.10 Å². The van der Waals surface area contributed by atoms with E-state index in [4.69, 9.17) is 0 Å². The Kier molecular flexibility index (Phi) is 35.0. The summed E-state index contributed by atoms with van der Waals surface area (Å²) in [5.74, 6) is -0.0217. The molecule has 0 aromatic heterocycles. The van der Waals surface area contributed by atoms with Gasteiger partial charge in [0.1, 0.15) is 0 Å². The highest BCUT2D eigenvalue weighted by atomic mass is 16.2. The summed E-state index contributed by atoms with van der Waals surface area (Å²) in [5.41, 5.74) is 3.99. The third-order valence-corrected chi connectivity index (χ3v) is 8.13. The summed E-state index contributed by atoms with van der Waals surface area (Å²) < 4.78 is 0. The Morgan fingerprint density at radius 3 is 1.24 bits per heavy atom. The number of amides is 1. The minimum absolute atomic E-state index is 0.0217. The number of likely N-dealkylation sites (N-methyl/N-ethyl adjacent to an activating group) is 1. The van der Waals surface area contributed by atoms with Crippen molar-refractivity contribution >= 4 is 11.6 Å². The van der Waals surface area contributed by atoms with E-state index >= 15 is 0 Å². The Labute approximate surface area is 281 Å². The SMILES string of the molecule is CCCCCC=CCC=CCCCCCCCCC(CCCCCCCCC=CCC=CCCCCC)=NNC(=O)CN(C)C. The van der Waals surface area contributed by atoms with Gasteiger partial charge in [0.25, 0.3) is 5.91 Å². The minimum atomic E-state index is -0.0217. The summed E-state index contributed by atoms with van der Waals surface area (Å²) in [6.07, 6.45) is 51.1. The van der Waals surface area contributed by atoms with E-state index in [1.165, 1.54) is 147 Å². The highest BCUT2D eigenvalue weighted by Crippen LogP contribution is 2.14. The predicted molar refractivity (Wildman–Crippen MR) is 202 cm³/mol. The van der Waals surface area contributed by atoms with Crippen molar-refractivity contribution < 1.29 is 4.79 Å². The first-order valence-electron chi connectivity index (χ1n) is 19.2. The van der Waals surface area contributed by atoms with Crippen LogP contribution in [0.3, 0.4) is 0 Å². The monoisotopic (exact) mass is 626 g/mol. The molecule has 0 saturated heterocycles. The van der Waals surface area contributed by atoms with Crippen molar-refractivity contribution in [1.82, 2.24) is 10.3 Å². The number of hydrogen-bond donors (Lipinski definition) is 1. The van der Waals surface area contributed by atoms with Crippen LogP contribution in [0.4, 0.5) is 0 Å².